The smallest absolute Gasteiger partial charge is 0.340 e. The Labute approximate surface area is 148 Å². The summed E-state index contributed by atoms with van der Waals surface area (Å²) in [7, 11) is 0. The van der Waals surface area contributed by atoms with Crippen LogP contribution in [0.2, 0.25) is 0 Å². The first-order valence-electron chi connectivity index (χ1n) is 8.12. The van der Waals surface area contributed by atoms with Crippen molar-refractivity contribution in [1.29, 1.82) is 0 Å². The van der Waals surface area contributed by atoms with Crippen LogP contribution in [0.4, 0.5) is 0 Å². The van der Waals surface area contributed by atoms with Crippen molar-refractivity contribution in [3.63, 3.8) is 0 Å². The third kappa shape index (κ3) is 2.85. The lowest BCUT2D eigenvalue weighted by atomic mass is 9.99. The lowest BCUT2D eigenvalue weighted by Gasteiger charge is -2.10. The van der Waals surface area contributed by atoms with Crippen LogP contribution in [0.15, 0.2) is 19.7 Å². The van der Waals surface area contributed by atoms with Crippen LogP contribution in [0.1, 0.15) is 28.0 Å². The zero-order chi connectivity index (χ0) is 19.2. The van der Waals surface area contributed by atoms with E-state index in [9.17, 15) is 19.5 Å². The quantitative estimate of drug-likeness (QED) is 0.703. The molecule has 0 aliphatic rings. The van der Waals surface area contributed by atoms with Crippen molar-refractivity contribution in [2.24, 2.45) is 0 Å². The van der Waals surface area contributed by atoms with Crippen molar-refractivity contribution < 1.29 is 23.5 Å². The van der Waals surface area contributed by atoms with Gasteiger partial charge in [0.2, 0.25) is 5.91 Å². The van der Waals surface area contributed by atoms with E-state index in [1.54, 1.807) is 6.92 Å². The number of benzene rings is 1. The minimum atomic E-state index is -1.40. The van der Waals surface area contributed by atoms with Gasteiger partial charge in [-0.2, -0.15) is 0 Å². The average Bonchev–Trinajstić information content (AvgIpc) is 2.86. The van der Waals surface area contributed by atoms with Gasteiger partial charge in [0, 0.05) is 16.3 Å². The predicted octanol–water partition coefficient (Wildman–Crippen LogP) is 1.18. The van der Waals surface area contributed by atoms with Gasteiger partial charge < -0.3 is 24.1 Å². The van der Waals surface area contributed by atoms with Gasteiger partial charge in [0.25, 0.3) is 0 Å². The van der Waals surface area contributed by atoms with Crippen LogP contribution in [0.3, 0.4) is 0 Å². The number of fused-ring (bicyclic) bond motifs is 2. The minimum absolute atomic E-state index is 0.199. The van der Waals surface area contributed by atoms with Crippen LogP contribution in [0.25, 0.3) is 21.9 Å². The van der Waals surface area contributed by atoms with Crippen LogP contribution >= 0.6 is 0 Å². The van der Waals surface area contributed by atoms with Crippen LogP contribution in [-0.4, -0.2) is 18.4 Å². The molecule has 0 fully saturated rings. The van der Waals surface area contributed by atoms with E-state index in [0.29, 0.717) is 16.7 Å². The van der Waals surface area contributed by atoms with Crippen LogP contribution in [0.5, 0.6) is 0 Å². The summed E-state index contributed by atoms with van der Waals surface area (Å²) in [6.07, 6.45) is -0.266. The molecule has 0 saturated heterocycles. The SMILES string of the molecule is Cc1oc2c(C)c3oc(=O)c(CC(=O)NCC(=O)[O-])c(C)c3cc2c1C. The maximum atomic E-state index is 12.4. The Kier molecular flexibility index (Phi) is 4.31. The van der Waals surface area contributed by atoms with Gasteiger partial charge in [0.05, 0.1) is 24.5 Å². The van der Waals surface area contributed by atoms with E-state index in [1.807, 2.05) is 26.8 Å². The highest BCUT2D eigenvalue weighted by Crippen LogP contribution is 2.34. The van der Waals surface area contributed by atoms with Crippen molar-refractivity contribution >= 4 is 33.8 Å². The lowest BCUT2D eigenvalue weighted by Crippen LogP contribution is -2.38. The molecule has 3 rings (SSSR count). The molecule has 1 N–H and O–H groups in total. The van der Waals surface area contributed by atoms with E-state index in [1.165, 1.54) is 0 Å². The van der Waals surface area contributed by atoms with Crippen LogP contribution < -0.4 is 16.0 Å². The predicted molar refractivity (Wildman–Crippen MR) is 92.9 cm³/mol. The number of carboxylic acids is 1. The third-order valence-electron chi connectivity index (χ3n) is 4.71. The summed E-state index contributed by atoms with van der Waals surface area (Å²) >= 11 is 0. The molecule has 7 heteroatoms. The summed E-state index contributed by atoms with van der Waals surface area (Å²) in [6.45, 7) is 6.78. The molecule has 0 bridgehead atoms. The Balaban J connectivity index is 2.16. The Morgan fingerprint density at radius 2 is 1.62 bits per heavy atom. The normalized spacial score (nSPS) is 11.2. The standard InChI is InChI=1S/C19H19NO6/c1-8-11(4)25-17-10(3)18-13(5-12(8)17)9(2)14(19(24)26-18)6-15(21)20-7-16(22)23/h5H,6-7H2,1-4H3,(H,20,21)(H,22,23)/p-1. The Bertz CT molecular complexity index is 1120. The Morgan fingerprint density at radius 3 is 2.27 bits per heavy atom. The summed E-state index contributed by atoms with van der Waals surface area (Å²) < 4.78 is 11.2. The first kappa shape index (κ1) is 17.7. The Morgan fingerprint density at radius 1 is 1.00 bits per heavy atom. The lowest BCUT2D eigenvalue weighted by molar-refractivity contribution is -0.304. The molecule has 0 spiro atoms. The minimum Gasteiger partial charge on any atom is -0.548 e. The first-order valence-corrected chi connectivity index (χ1v) is 8.12. The summed E-state index contributed by atoms with van der Waals surface area (Å²) in [5, 5.41) is 14.3. The maximum Gasteiger partial charge on any atom is 0.340 e. The topological polar surface area (TPSA) is 113 Å². The van der Waals surface area contributed by atoms with E-state index in [-0.39, 0.29) is 12.0 Å². The zero-order valence-electron chi connectivity index (χ0n) is 14.9. The monoisotopic (exact) mass is 356 g/mol. The molecule has 0 aliphatic heterocycles. The van der Waals surface area contributed by atoms with Gasteiger partial charge in [-0.15, -0.1) is 0 Å². The van der Waals surface area contributed by atoms with Gasteiger partial charge in [-0.25, -0.2) is 4.79 Å². The number of carbonyl (C=O) groups excluding carboxylic acids is 2. The highest BCUT2D eigenvalue weighted by Gasteiger charge is 2.19. The number of amides is 1. The van der Waals surface area contributed by atoms with Crippen molar-refractivity contribution in [3.05, 3.63) is 44.5 Å². The van der Waals surface area contributed by atoms with Crippen molar-refractivity contribution in [2.75, 3.05) is 6.54 Å². The summed E-state index contributed by atoms with van der Waals surface area (Å²) in [5.74, 6) is -1.19. The molecule has 0 aliphatic carbocycles. The molecule has 2 heterocycles. The number of rotatable bonds is 4. The number of hydrogen-bond donors (Lipinski definition) is 1. The molecule has 0 atom stereocenters. The van der Waals surface area contributed by atoms with E-state index in [0.717, 1.165) is 27.7 Å². The van der Waals surface area contributed by atoms with Gasteiger partial charge >= 0.3 is 5.63 Å². The number of aryl methyl sites for hydroxylation is 4. The highest BCUT2D eigenvalue weighted by molar-refractivity contribution is 6.00. The van der Waals surface area contributed by atoms with Gasteiger partial charge in [0.15, 0.2) is 0 Å². The molecule has 0 saturated carbocycles. The van der Waals surface area contributed by atoms with E-state index in [2.05, 4.69) is 5.32 Å². The van der Waals surface area contributed by atoms with Gasteiger partial charge in [-0.05, 0) is 44.9 Å². The molecule has 0 radical (unpaired) electrons. The van der Waals surface area contributed by atoms with Crippen LogP contribution in [0, 0.1) is 27.7 Å². The fraction of sp³-hybridized carbons (Fsp3) is 0.316. The van der Waals surface area contributed by atoms with Gasteiger partial charge in [0.1, 0.15) is 16.9 Å². The van der Waals surface area contributed by atoms with Crippen molar-refractivity contribution in [1.82, 2.24) is 5.32 Å². The molecule has 0 unspecified atom stereocenters. The maximum absolute atomic E-state index is 12.4. The van der Waals surface area contributed by atoms with Crippen LogP contribution in [-0.2, 0) is 16.0 Å². The zero-order valence-corrected chi connectivity index (χ0v) is 14.9. The second-order valence-corrected chi connectivity index (χ2v) is 6.36. The summed E-state index contributed by atoms with van der Waals surface area (Å²) in [6, 6.07) is 1.89. The molecule has 1 aromatic carbocycles. The molecule has 26 heavy (non-hydrogen) atoms. The molecule has 136 valence electrons. The Hall–Kier alpha value is -3.09. The fourth-order valence-corrected chi connectivity index (χ4v) is 3.09. The van der Waals surface area contributed by atoms with Gasteiger partial charge in [-0.1, -0.05) is 0 Å². The number of carbonyl (C=O) groups is 2. The number of hydrogen-bond acceptors (Lipinski definition) is 6. The summed E-state index contributed by atoms with van der Waals surface area (Å²) in [5.41, 5.74) is 3.03. The van der Waals surface area contributed by atoms with Crippen molar-refractivity contribution in [3.8, 4) is 0 Å². The molecule has 2 aromatic heterocycles. The highest BCUT2D eigenvalue weighted by atomic mass is 16.4. The molecule has 3 aromatic rings. The van der Waals surface area contributed by atoms with Crippen molar-refractivity contribution in [2.45, 2.75) is 34.1 Å². The second-order valence-electron chi connectivity index (χ2n) is 6.36. The number of aliphatic carboxylic acids is 1. The largest absolute Gasteiger partial charge is 0.548 e. The number of nitrogens with one attached hydrogen (secondary N) is 1. The molecular formula is C19H18NO6-. The second kappa shape index (κ2) is 6.33. The number of carboxylic acid groups (broad SMARTS) is 1. The van der Waals surface area contributed by atoms with E-state index in [4.69, 9.17) is 8.83 Å². The van der Waals surface area contributed by atoms with E-state index >= 15 is 0 Å². The third-order valence-corrected chi connectivity index (χ3v) is 4.71. The first-order chi connectivity index (χ1) is 12.2. The molecular weight excluding hydrogens is 338 g/mol. The van der Waals surface area contributed by atoms with Gasteiger partial charge in [-0.3, -0.25) is 4.79 Å². The summed E-state index contributed by atoms with van der Waals surface area (Å²) in [4.78, 5) is 34.7. The van der Waals surface area contributed by atoms with E-state index < -0.39 is 24.0 Å². The average molecular weight is 356 g/mol. The number of furan rings is 1. The molecule has 1 amide bonds. The molecule has 7 nitrogen and oxygen atoms in total. The fourth-order valence-electron chi connectivity index (χ4n) is 3.09.